The number of nitrogens with zero attached hydrogens (tertiary/aromatic N) is 1. The van der Waals surface area contributed by atoms with E-state index in [2.05, 4.69) is 27.3 Å². The Morgan fingerprint density at radius 2 is 1.95 bits per heavy atom. The van der Waals surface area contributed by atoms with Gasteiger partial charge in [-0.2, -0.15) is 5.26 Å². The van der Waals surface area contributed by atoms with Crippen molar-refractivity contribution in [2.45, 2.75) is 13.0 Å². The molecule has 1 atom stereocenters. The number of hydrogen-bond donors (Lipinski definition) is 2. The van der Waals surface area contributed by atoms with Gasteiger partial charge in [0.15, 0.2) is 0 Å². The van der Waals surface area contributed by atoms with Gasteiger partial charge in [-0.3, -0.25) is 0 Å². The summed E-state index contributed by atoms with van der Waals surface area (Å²) in [7, 11) is 0. The molecule has 2 N–H and O–H groups in total. The summed E-state index contributed by atoms with van der Waals surface area (Å²) in [6.45, 7) is 2.43. The number of aliphatic hydroxyl groups excluding tert-OH is 1. The minimum absolute atomic E-state index is 0.410. The highest BCUT2D eigenvalue weighted by molar-refractivity contribution is 9.10. The van der Waals surface area contributed by atoms with Crippen molar-refractivity contribution < 1.29 is 5.11 Å². The fourth-order valence-corrected chi connectivity index (χ4v) is 2.36. The monoisotopic (exact) mass is 330 g/mol. The van der Waals surface area contributed by atoms with E-state index in [1.165, 1.54) is 5.56 Å². The highest BCUT2D eigenvalue weighted by Crippen LogP contribution is 2.24. The third-order valence-corrected chi connectivity index (χ3v) is 3.70. The fourth-order valence-electron chi connectivity index (χ4n) is 1.84. The first-order chi connectivity index (χ1) is 9.60. The summed E-state index contributed by atoms with van der Waals surface area (Å²) in [5.74, 6) is 0. The Hall–Kier alpha value is -1.83. The lowest BCUT2D eigenvalue weighted by Crippen LogP contribution is -2.12. The number of anilines is 1. The lowest BCUT2D eigenvalue weighted by molar-refractivity contribution is 0.191. The molecule has 0 amide bonds. The Bertz CT molecular complexity index is 632. The highest BCUT2D eigenvalue weighted by Gasteiger charge is 2.08. The van der Waals surface area contributed by atoms with Crippen LogP contribution in [0.3, 0.4) is 0 Å². The molecular formula is C16H15BrN2O. The van der Waals surface area contributed by atoms with Gasteiger partial charge >= 0.3 is 0 Å². The zero-order chi connectivity index (χ0) is 14.5. The summed E-state index contributed by atoms with van der Waals surface area (Å²) in [5, 5.41) is 22.1. The van der Waals surface area contributed by atoms with E-state index in [1.54, 1.807) is 12.1 Å². The van der Waals surface area contributed by atoms with Crippen molar-refractivity contribution >= 4 is 21.6 Å². The molecule has 3 nitrogen and oxygen atoms in total. The summed E-state index contributed by atoms with van der Waals surface area (Å²) >= 11 is 3.41. The normalized spacial score (nSPS) is 11.7. The van der Waals surface area contributed by atoms with Crippen LogP contribution in [0.25, 0.3) is 0 Å². The van der Waals surface area contributed by atoms with E-state index in [4.69, 9.17) is 5.26 Å². The molecule has 0 saturated carbocycles. The first kappa shape index (κ1) is 14.6. The zero-order valence-corrected chi connectivity index (χ0v) is 12.7. The van der Waals surface area contributed by atoms with Crippen LogP contribution in [0.1, 0.15) is 22.8 Å². The zero-order valence-electron chi connectivity index (χ0n) is 11.1. The van der Waals surface area contributed by atoms with Gasteiger partial charge in [-0.05, 0) is 46.6 Å². The number of halogens is 1. The van der Waals surface area contributed by atoms with E-state index in [9.17, 15) is 5.11 Å². The standard InChI is InChI=1S/C16H15BrN2O/c1-11-2-5-13(6-3-11)16(20)10-19-15-7-4-12(9-18)8-14(15)17/h2-8,16,19-20H,10H2,1H3. The van der Waals surface area contributed by atoms with Crippen molar-refractivity contribution in [3.63, 3.8) is 0 Å². The number of rotatable bonds is 4. The predicted molar refractivity (Wildman–Crippen MR) is 83.5 cm³/mol. The van der Waals surface area contributed by atoms with Crippen LogP contribution in [0.2, 0.25) is 0 Å². The van der Waals surface area contributed by atoms with Crippen molar-refractivity contribution in [1.29, 1.82) is 5.26 Å². The first-order valence-electron chi connectivity index (χ1n) is 6.28. The lowest BCUT2D eigenvalue weighted by Gasteiger charge is -2.14. The molecule has 0 aromatic heterocycles. The second-order valence-corrected chi connectivity index (χ2v) is 5.47. The summed E-state index contributed by atoms with van der Waals surface area (Å²) in [6.07, 6.45) is -0.571. The summed E-state index contributed by atoms with van der Waals surface area (Å²) in [6, 6.07) is 15.2. The topological polar surface area (TPSA) is 56.0 Å². The number of aliphatic hydroxyl groups is 1. The molecule has 4 heteroatoms. The molecular weight excluding hydrogens is 316 g/mol. The molecule has 0 aliphatic heterocycles. The number of nitrogens with one attached hydrogen (secondary N) is 1. The third-order valence-electron chi connectivity index (χ3n) is 3.05. The molecule has 2 aromatic carbocycles. The van der Waals surface area contributed by atoms with Crippen LogP contribution in [0.15, 0.2) is 46.9 Å². The van der Waals surface area contributed by atoms with Crippen LogP contribution in [0.4, 0.5) is 5.69 Å². The predicted octanol–water partition coefficient (Wildman–Crippen LogP) is 3.77. The molecule has 102 valence electrons. The molecule has 0 bridgehead atoms. The maximum Gasteiger partial charge on any atom is 0.0992 e. The van der Waals surface area contributed by atoms with Gasteiger partial charge in [0.1, 0.15) is 0 Å². The summed E-state index contributed by atoms with van der Waals surface area (Å²) < 4.78 is 0.813. The van der Waals surface area contributed by atoms with Crippen molar-refractivity contribution in [3.8, 4) is 6.07 Å². The van der Waals surface area contributed by atoms with Gasteiger partial charge in [0, 0.05) is 16.7 Å². The van der Waals surface area contributed by atoms with Gasteiger partial charge in [0.05, 0.1) is 17.7 Å². The maximum atomic E-state index is 10.1. The number of aryl methyl sites for hydroxylation is 1. The molecule has 0 aliphatic carbocycles. The highest BCUT2D eigenvalue weighted by atomic mass is 79.9. The van der Waals surface area contributed by atoms with Gasteiger partial charge < -0.3 is 10.4 Å². The van der Waals surface area contributed by atoms with E-state index in [1.807, 2.05) is 37.3 Å². The Morgan fingerprint density at radius 1 is 1.25 bits per heavy atom. The fraction of sp³-hybridized carbons (Fsp3) is 0.188. The Kier molecular flexibility index (Phi) is 4.78. The van der Waals surface area contributed by atoms with Crippen LogP contribution in [0, 0.1) is 18.3 Å². The van der Waals surface area contributed by atoms with Crippen LogP contribution >= 0.6 is 15.9 Å². The smallest absolute Gasteiger partial charge is 0.0992 e. The molecule has 0 aliphatic rings. The first-order valence-corrected chi connectivity index (χ1v) is 7.07. The molecule has 0 radical (unpaired) electrons. The minimum atomic E-state index is -0.571. The number of benzene rings is 2. The Labute approximate surface area is 127 Å². The van der Waals surface area contributed by atoms with Gasteiger partial charge in [-0.1, -0.05) is 29.8 Å². The van der Waals surface area contributed by atoms with E-state index in [0.29, 0.717) is 12.1 Å². The van der Waals surface area contributed by atoms with Crippen molar-refractivity contribution in [1.82, 2.24) is 0 Å². The van der Waals surface area contributed by atoms with E-state index < -0.39 is 6.10 Å². The average Bonchev–Trinajstić information content (AvgIpc) is 2.46. The number of hydrogen-bond acceptors (Lipinski definition) is 3. The summed E-state index contributed by atoms with van der Waals surface area (Å²) in [4.78, 5) is 0. The van der Waals surface area contributed by atoms with Crippen LogP contribution in [0.5, 0.6) is 0 Å². The lowest BCUT2D eigenvalue weighted by atomic mass is 10.1. The molecule has 0 fully saturated rings. The van der Waals surface area contributed by atoms with Gasteiger partial charge in [-0.25, -0.2) is 0 Å². The second kappa shape index (κ2) is 6.56. The van der Waals surface area contributed by atoms with Crippen LogP contribution < -0.4 is 5.32 Å². The Balaban J connectivity index is 2.01. The van der Waals surface area contributed by atoms with Crippen molar-refractivity contribution in [2.75, 3.05) is 11.9 Å². The molecule has 1 unspecified atom stereocenters. The third kappa shape index (κ3) is 3.60. The van der Waals surface area contributed by atoms with E-state index in [0.717, 1.165) is 15.7 Å². The van der Waals surface area contributed by atoms with Gasteiger partial charge in [0.25, 0.3) is 0 Å². The van der Waals surface area contributed by atoms with Crippen molar-refractivity contribution in [2.24, 2.45) is 0 Å². The second-order valence-electron chi connectivity index (χ2n) is 4.61. The molecule has 2 rings (SSSR count). The van der Waals surface area contributed by atoms with Crippen molar-refractivity contribution in [3.05, 3.63) is 63.6 Å². The average molecular weight is 331 g/mol. The quantitative estimate of drug-likeness (QED) is 0.897. The molecule has 0 saturated heterocycles. The molecule has 20 heavy (non-hydrogen) atoms. The van der Waals surface area contributed by atoms with Gasteiger partial charge in [0.2, 0.25) is 0 Å². The Morgan fingerprint density at radius 3 is 2.55 bits per heavy atom. The molecule has 0 spiro atoms. The summed E-state index contributed by atoms with van der Waals surface area (Å²) in [5.41, 5.74) is 3.51. The van der Waals surface area contributed by atoms with Crippen LogP contribution in [-0.2, 0) is 0 Å². The molecule has 2 aromatic rings. The van der Waals surface area contributed by atoms with E-state index >= 15 is 0 Å². The largest absolute Gasteiger partial charge is 0.387 e. The van der Waals surface area contributed by atoms with E-state index in [-0.39, 0.29) is 0 Å². The molecule has 0 heterocycles. The van der Waals surface area contributed by atoms with Crippen LogP contribution in [-0.4, -0.2) is 11.7 Å². The minimum Gasteiger partial charge on any atom is -0.387 e. The maximum absolute atomic E-state index is 10.1. The van der Waals surface area contributed by atoms with Gasteiger partial charge in [-0.15, -0.1) is 0 Å². The SMILES string of the molecule is Cc1ccc(C(O)CNc2ccc(C#N)cc2Br)cc1. The number of nitriles is 1.